The first-order valence-corrected chi connectivity index (χ1v) is 12.5. The van der Waals surface area contributed by atoms with Crippen LogP contribution in [0.25, 0.3) is 10.8 Å². The van der Waals surface area contributed by atoms with E-state index >= 15 is 0 Å². The van der Waals surface area contributed by atoms with Crippen molar-refractivity contribution < 1.29 is 24.2 Å². The van der Waals surface area contributed by atoms with Crippen molar-refractivity contribution in [3.63, 3.8) is 0 Å². The number of ether oxygens (including phenoxy) is 1. The van der Waals surface area contributed by atoms with Gasteiger partial charge in [0.1, 0.15) is 30.0 Å². The van der Waals surface area contributed by atoms with Gasteiger partial charge in [-0.05, 0) is 61.4 Å². The molecule has 0 spiro atoms. The van der Waals surface area contributed by atoms with Gasteiger partial charge in [0.25, 0.3) is 5.91 Å². The molecule has 3 rings (SSSR count). The van der Waals surface area contributed by atoms with Crippen molar-refractivity contribution >= 4 is 47.0 Å². The van der Waals surface area contributed by atoms with Gasteiger partial charge in [-0.3, -0.25) is 9.59 Å². The van der Waals surface area contributed by atoms with Gasteiger partial charge in [-0.1, -0.05) is 42.5 Å². The summed E-state index contributed by atoms with van der Waals surface area (Å²) < 4.78 is 5.25. The van der Waals surface area contributed by atoms with Gasteiger partial charge < -0.3 is 25.4 Å². The SMILES string of the molecule is CC(C)(C)OC(=O)NC(CS)C(=O)N(CC#N)C(C(=O)Nc1ccc2ccccc2c1)c1ccc(O)cc1. The summed E-state index contributed by atoms with van der Waals surface area (Å²) in [5.74, 6) is -1.40. The highest BCUT2D eigenvalue weighted by atomic mass is 32.1. The van der Waals surface area contributed by atoms with Crippen LogP contribution in [0.5, 0.6) is 5.75 Å². The van der Waals surface area contributed by atoms with Crippen LogP contribution in [0.2, 0.25) is 0 Å². The first kappa shape index (κ1) is 28.3. The number of nitriles is 1. The molecule has 2 unspecified atom stereocenters. The maximum absolute atomic E-state index is 13.7. The van der Waals surface area contributed by atoms with E-state index in [1.165, 1.54) is 24.3 Å². The summed E-state index contributed by atoms with van der Waals surface area (Å²) in [6.07, 6.45) is -0.830. The zero-order chi connectivity index (χ0) is 27.9. The third-order valence-electron chi connectivity index (χ3n) is 5.48. The highest BCUT2D eigenvalue weighted by Crippen LogP contribution is 2.27. The number of hydrogen-bond donors (Lipinski definition) is 4. The average molecular weight is 535 g/mol. The van der Waals surface area contributed by atoms with Gasteiger partial charge in [0.2, 0.25) is 5.91 Å². The minimum atomic E-state index is -1.25. The topological polar surface area (TPSA) is 132 Å². The van der Waals surface area contributed by atoms with Gasteiger partial charge in [0.05, 0.1) is 6.07 Å². The molecule has 0 saturated heterocycles. The Morgan fingerprint density at radius 3 is 2.32 bits per heavy atom. The third kappa shape index (κ3) is 7.40. The van der Waals surface area contributed by atoms with Crippen molar-refractivity contribution in [1.29, 1.82) is 5.26 Å². The minimum Gasteiger partial charge on any atom is -0.508 e. The lowest BCUT2D eigenvalue weighted by Crippen LogP contribution is -2.53. The molecule has 0 aromatic heterocycles. The number of amides is 3. The largest absolute Gasteiger partial charge is 0.508 e. The molecule has 0 radical (unpaired) electrons. The van der Waals surface area contributed by atoms with Crippen molar-refractivity contribution in [3.05, 3.63) is 72.3 Å². The Balaban J connectivity index is 1.96. The number of carbonyl (C=O) groups excluding carboxylic acids is 3. The van der Waals surface area contributed by atoms with E-state index in [9.17, 15) is 24.8 Å². The number of nitrogens with zero attached hydrogens (tertiary/aromatic N) is 2. The van der Waals surface area contributed by atoms with Crippen LogP contribution in [0.1, 0.15) is 32.4 Å². The Bertz CT molecular complexity index is 1350. The molecule has 0 fully saturated rings. The van der Waals surface area contributed by atoms with E-state index in [2.05, 4.69) is 23.3 Å². The van der Waals surface area contributed by atoms with E-state index in [4.69, 9.17) is 4.74 Å². The molecule has 0 saturated carbocycles. The molecule has 0 bridgehead atoms. The summed E-state index contributed by atoms with van der Waals surface area (Å²) in [6.45, 7) is 4.61. The number of carbonyl (C=O) groups is 3. The first-order valence-electron chi connectivity index (χ1n) is 11.9. The number of rotatable bonds is 8. The molecule has 3 N–H and O–H groups in total. The van der Waals surface area contributed by atoms with E-state index in [-0.39, 0.29) is 11.5 Å². The Hall–Kier alpha value is -4.23. The van der Waals surface area contributed by atoms with Crippen LogP contribution >= 0.6 is 12.6 Å². The molecule has 2 atom stereocenters. The number of benzene rings is 3. The Labute approximate surface area is 226 Å². The van der Waals surface area contributed by atoms with E-state index in [1.807, 2.05) is 36.4 Å². The second-order valence-corrected chi connectivity index (χ2v) is 9.92. The van der Waals surface area contributed by atoms with Crippen LogP contribution in [-0.2, 0) is 14.3 Å². The number of phenols is 1. The standard InChI is InChI=1S/C28H30N4O5S/c1-28(2,3)37-27(36)31-23(17-38)26(35)32(15-14-29)24(19-9-12-22(33)13-10-19)25(34)30-21-11-8-18-6-4-5-7-20(18)16-21/h4-13,16,23-24,33,38H,15,17H2,1-3H3,(H,30,34)(H,31,36). The quantitative estimate of drug-likeness (QED) is 0.250. The lowest BCUT2D eigenvalue weighted by Gasteiger charge is -2.32. The van der Waals surface area contributed by atoms with Crippen molar-refractivity contribution in [2.45, 2.75) is 38.5 Å². The lowest BCUT2D eigenvalue weighted by molar-refractivity contribution is -0.139. The van der Waals surface area contributed by atoms with Crippen LogP contribution in [0, 0.1) is 11.3 Å². The van der Waals surface area contributed by atoms with E-state index < -0.39 is 42.1 Å². The van der Waals surface area contributed by atoms with Crippen LogP contribution in [-0.4, -0.2) is 51.9 Å². The molecule has 38 heavy (non-hydrogen) atoms. The number of thiol groups is 1. The molecule has 3 aromatic carbocycles. The fourth-order valence-corrected chi connectivity index (χ4v) is 4.06. The van der Waals surface area contributed by atoms with Crippen LogP contribution in [0.4, 0.5) is 10.5 Å². The van der Waals surface area contributed by atoms with Gasteiger partial charge in [-0.2, -0.15) is 17.9 Å². The first-order chi connectivity index (χ1) is 18.0. The summed E-state index contributed by atoms with van der Waals surface area (Å²) in [4.78, 5) is 40.7. The number of phenolic OH excluding ortho intramolecular Hbond substituents is 1. The highest BCUT2D eigenvalue weighted by molar-refractivity contribution is 7.80. The molecule has 0 aliphatic rings. The number of aromatic hydroxyl groups is 1. The van der Waals surface area contributed by atoms with Gasteiger partial charge in [0, 0.05) is 11.4 Å². The minimum absolute atomic E-state index is 0.0274. The third-order valence-corrected chi connectivity index (χ3v) is 5.85. The maximum Gasteiger partial charge on any atom is 0.408 e. The van der Waals surface area contributed by atoms with Crippen LogP contribution in [0.15, 0.2) is 66.7 Å². The summed E-state index contributed by atoms with van der Waals surface area (Å²) in [7, 11) is 0. The van der Waals surface area contributed by atoms with E-state index in [1.54, 1.807) is 32.9 Å². The zero-order valence-electron chi connectivity index (χ0n) is 21.3. The monoisotopic (exact) mass is 534 g/mol. The number of nitrogens with one attached hydrogen (secondary N) is 2. The molecular weight excluding hydrogens is 504 g/mol. The molecule has 0 aliphatic heterocycles. The molecule has 3 aromatic rings. The van der Waals surface area contributed by atoms with Crippen molar-refractivity contribution in [3.8, 4) is 11.8 Å². The maximum atomic E-state index is 13.7. The van der Waals surface area contributed by atoms with Crippen LogP contribution < -0.4 is 10.6 Å². The summed E-state index contributed by atoms with van der Waals surface area (Å²) in [6, 6.07) is 18.3. The fraction of sp³-hybridized carbons (Fsp3) is 0.286. The Morgan fingerprint density at radius 2 is 1.71 bits per heavy atom. The van der Waals surface area contributed by atoms with E-state index in [0.29, 0.717) is 11.3 Å². The molecule has 198 valence electrons. The summed E-state index contributed by atoms with van der Waals surface area (Å²) in [5.41, 5.74) is 0.0638. The predicted octanol–water partition coefficient (Wildman–Crippen LogP) is 4.40. The molecule has 0 aliphatic carbocycles. The fourth-order valence-electron chi connectivity index (χ4n) is 3.82. The normalized spacial score (nSPS) is 12.6. The molecule has 3 amide bonds. The zero-order valence-corrected chi connectivity index (χ0v) is 22.2. The van der Waals surface area contributed by atoms with Crippen molar-refractivity contribution in [1.82, 2.24) is 10.2 Å². The number of fused-ring (bicyclic) bond motifs is 1. The van der Waals surface area contributed by atoms with Crippen molar-refractivity contribution in [2.75, 3.05) is 17.6 Å². The molecular formula is C28H30N4O5S. The van der Waals surface area contributed by atoms with Crippen LogP contribution in [0.3, 0.4) is 0 Å². The van der Waals surface area contributed by atoms with E-state index in [0.717, 1.165) is 15.7 Å². The average Bonchev–Trinajstić information content (AvgIpc) is 2.86. The Kier molecular flexibility index (Phi) is 9.20. The van der Waals surface area contributed by atoms with Gasteiger partial charge in [-0.15, -0.1) is 0 Å². The van der Waals surface area contributed by atoms with Gasteiger partial charge >= 0.3 is 6.09 Å². The smallest absolute Gasteiger partial charge is 0.408 e. The number of alkyl carbamates (subject to hydrolysis) is 1. The van der Waals surface area contributed by atoms with Gasteiger partial charge in [0.15, 0.2) is 0 Å². The lowest BCUT2D eigenvalue weighted by atomic mass is 10.0. The second kappa shape index (κ2) is 12.3. The number of hydrogen-bond acceptors (Lipinski definition) is 7. The summed E-state index contributed by atoms with van der Waals surface area (Å²) in [5, 5.41) is 26.5. The molecule has 0 heterocycles. The number of anilines is 1. The summed E-state index contributed by atoms with van der Waals surface area (Å²) >= 11 is 4.20. The highest BCUT2D eigenvalue weighted by Gasteiger charge is 2.36. The van der Waals surface area contributed by atoms with Crippen molar-refractivity contribution in [2.24, 2.45) is 0 Å². The molecule has 9 nitrogen and oxygen atoms in total. The Morgan fingerprint density at radius 1 is 1.05 bits per heavy atom. The molecule has 10 heteroatoms. The second-order valence-electron chi connectivity index (χ2n) is 9.55. The predicted molar refractivity (Wildman–Crippen MR) is 148 cm³/mol. The van der Waals surface area contributed by atoms with Gasteiger partial charge in [-0.25, -0.2) is 4.79 Å².